The summed E-state index contributed by atoms with van der Waals surface area (Å²) >= 11 is 0. The van der Waals surface area contributed by atoms with Gasteiger partial charge < -0.3 is 19.7 Å². The van der Waals surface area contributed by atoms with Crippen molar-refractivity contribution >= 4 is 21.6 Å². The van der Waals surface area contributed by atoms with Crippen LogP contribution in [0.5, 0.6) is 11.5 Å². The number of piperidine rings is 1. The molecule has 1 fully saturated rings. The van der Waals surface area contributed by atoms with Crippen LogP contribution in [0.25, 0.3) is 0 Å². The first-order chi connectivity index (χ1) is 12.8. The molecule has 1 saturated heterocycles. The van der Waals surface area contributed by atoms with E-state index in [1.807, 2.05) is 7.05 Å². The van der Waals surface area contributed by atoms with Crippen LogP contribution in [-0.4, -0.2) is 70.9 Å². The molecule has 8 nitrogen and oxygen atoms in total. The van der Waals surface area contributed by atoms with Gasteiger partial charge in [0.25, 0.3) is 0 Å². The molecule has 9 heteroatoms. The smallest absolute Gasteiger partial charge is 0.243 e. The maximum absolute atomic E-state index is 12.8. The first-order valence-electron chi connectivity index (χ1n) is 9.13. The molecule has 0 spiro atoms. The van der Waals surface area contributed by atoms with Crippen LogP contribution in [-0.2, 0) is 14.8 Å². The predicted octanol–water partition coefficient (Wildman–Crippen LogP) is 0.823. The Morgan fingerprint density at radius 1 is 1.22 bits per heavy atom. The summed E-state index contributed by atoms with van der Waals surface area (Å²) in [5.41, 5.74) is 0.382. The first-order valence-corrected chi connectivity index (χ1v) is 11.0. The molecule has 0 aromatic heterocycles. The minimum atomic E-state index is -3.67. The minimum absolute atomic E-state index is 0.0674. The summed E-state index contributed by atoms with van der Waals surface area (Å²) in [6.45, 7) is 4.29. The Kier molecular flexibility index (Phi) is 5.81. The van der Waals surface area contributed by atoms with Crippen molar-refractivity contribution in [2.75, 3.05) is 43.9 Å². The zero-order valence-corrected chi connectivity index (χ0v) is 16.8. The summed E-state index contributed by atoms with van der Waals surface area (Å²) in [6.07, 6.45) is 2.82. The average Bonchev–Trinajstić information content (AvgIpc) is 2.62. The van der Waals surface area contributed by atoms with Crippen molar-refractivity contribution in [3.63, 3.8) is 0 Å². The molecule has 0 saturated carbocycles. The molecule has 0 radical (unpaired) electrons. The van der Waals surface area contributed by atoms with Gasteiger partial charge in [-0.25, -0.2) is 8.42 Å². The van der Waals surface area contributed by atoms with Crippen molar-refractivity contribution in [1.82, 2.24) is 10.2 Å². The zero-order chi connectivity index (χ0) is 19.6. The van der Waals surface area contributed by atoms with E-state index in [1.54, 1.807) is 25.1 Å². The lowest BCUT2D eigenvalue weighted by atomic mass is 10.1. The number of likely N-dealkylation sites (tertiary alicyclic amines) is 1. The fourth-order valence-electron chi connectivity index (χ4n) is 3.45. The van der Waals surface area contributed by atoms with Gasteiger partial charge >= 0.3 is 0 Å². The molecular weight excluding hydrogens is 370 g/mol. The molecule has 1 amide bonds. The molecule has 1 N–H and O–H groups in total. The summed E-state index contributed by atoms with van der Waals surface area (Å²) in [6, 6.07) is 4.10. The molecule has 1 aromatic carbocycles. The predicted molar refractivity (Wildman–Crippen MR) is 103 cm³/mol. The number of sulfonamides is 1. The number of hydrogen-bond donors (Lipinski definition) is 1. The van der Waals surface area contributed by atoms with Gasteiger partial charge in [0.2, 0.25) is 15.9 Å². The van der Waals surface area contributed by atoms with E-state index in [0.29, 0.717) is 30.4 Å². The number of nitrogens with one attached hydrogen (secondary N) is 1. The second kappa shape index (κ2) is 7.93. The van der Waals surface area contributed by atoms with Crippen LogP contribution in [0.3, 0.4) is 0 Å². The Hall–Kier alpha value is -2.00. The lowest BCUT2D eigenvalue weighted by molar-refractivity contribution is -0.122. The zero-order valence-electron chi connectivity index (χ0n) is 16.0. The van der Waals surface area contributed by atoms with Crippen LogP contribution in [0.15, 0.2) is 18.2 Å². The van der Waals surface area contributed by atoms with Gasteiger partial charge in [-0.15, -0.1) is 0 Å². The fourth-order valence-corrected chi connectivity index (χ4v) is 4.62. The molecule has 150 valence electrons. The third-order valence-corrected chi connectivity index (χ3v) is 6.18. The first kappa shape index (κ1) is 19.8. The summed E-state index contributed by atoms with van der Waals surface area (Å²) in [5.74, 6) is 0.752. The highest BCUT2D eigenvalue weighted by atomic mass is 32.2. The normalized spacial score (nSPS) is 19.4. The van der Waals surface area contributed by atoms with E-state index in [0.717, 1.165) is 36.5 Å². The molecule has 2 heterocycles. The van der Waals surface area contributed by atoms with Crippen molar-refractivity contribution in [3.8, 4) is 11.5 Å². The summed E-state index contributed by atoms with van der Waals surface area (Å²) in [5, 5.41) is 3.00. The number of fused-ring (bicyclic) bond motifs is 1. The average molecular weight is 397 g/mol. The topological polar surface area (TPSA) is 88.2 Å². The Bertz CT molecular complexity index is 790. The van der Waals surface area contributed by atoms with E-state index in [-0.39, 0.29) is 11.9 Å². The lowest BCUT2D eigenvalue weighted by Crippen LogP contribution is -2.52. The van der Waals surface area contributed by atoms with E-state index in [4.69, 9.17) is 9.47 Å². The number of anilines is 1. The number of ether oxygens (including phenoxy) is 2. The van der Waals surface area contributed by atoms with Gasteiger partial charge in [0.1, 0.15) is 19.3 Å². The van der Waals surface area contributed by atoms with Gasteiger partial charge in [0.15, 0.2) is 11.5 Å². The second-order valence-electron chi connectivity index (χ2n) is 7.15. The van der Waals surface area contributed by atoms with Gasteiger partial charge in [-0.2, -0.15) is 0 Å². The maximum atomic E-state index is 12.8. The summed E-state index contributed by atoms with van der Waals surface area (Å²) in [4.78, 5) is 15.0. The highest BCUT2D eigenvalue weighted by Gasteiger charge is 2.31. The molecule has 1 unspecified atom stereocenters. The summed E-state index contributed by atoms with van der Waals surface area (Å²) < 4.78 is 37.1. The van der Waals surface area contributed by atoms with Gasteiger partial charge in [-0.3, -0.25) is 9.10 Å². The Morgan fingerprint density at radius 2 is 1.85 bits per heavy atom. The van der Waals surface area contributed by atoms with Crippen LogP contribution in [0.4, 0.5) is 5.69 Å². The third-order valence-electron chi connectivity index (χ3n) is 4.93. The number of nitrogens with zero attached hydrogens (tertiary/aromatic N) is 2. The Morgan fingerprint density at radius 3 is 2.48 bits per heavy atom. The van der Waals surface area contributed by atoms with E-state index < -0.39 is 16.1 Å². The number of carbonyl (C=O) groups excluding carboxylic acids is 1. The number of amides is 1. The van der Waals surface area contributed by atoms with Gasteiger partial charge in [-0.1, -0.05) is 0 Å². The van der Waals surface area contributed by atoms with E-state index in [1.165, 1.54) is 0 Å². The summed E-state index contributed by atoms with van der Waals surface area (Å²) in [7, 11) is -1.62. The number of carbonyl (C=O) groups is 1. The lowest BCUT2D eigenvalue weighted by Gasteiger charge is -2.33. The molecule has 0 aliphatic carbocycles. The molecule has 27 heavy (non-hydrogen) atoms. The van der Waals surface area contributed by atoms with Crippen LogP contribution in [0, 0.1) is 0 Å². The van der Waals surface area contributed by atoms with Crippen molar-refractivity contribution in [2.24, 2.45) is 0 Å². The van der Waals surface area contributed by atoms with Crippen molar-refractivity contribution in [1.29, 1.82) is 0 Å². The van der Waals surface area contributed by atoms with Crippen molar-refractivity contribution in [3.05, 3.63) is 18.2 Å². The maximum Gasteiger partial charge on any atom is 0.243 e. The molecule has 3 rings (SSSR count). The van der Waals surface area contributed by atoms with Crippen LogP contribution < -0.4 is 19.1 Å². The monoisotopic (exact) mass is 397 g/mol. The van der Waals surface area contributed by atoms with Crippen molar-refractivity contribution < 1.29 is 22.7 Å². The molecule has 1 atom stereocenters. The standard InChI is InChI=1S/C18H27N3O5S/c1-13(18(22)19-14-6-8-20(2)9-7-14)21(27(3,23)24)15-4-5-16-17(12-15)26-11-10-25-16/h4-5,12-14H,6-11H2,1-3H3,(H,19,22). The highest BCUT2D eigenvalue weighted by Crippen LogP contribution is 2.35. The fraction of sp³-hybridized carbons (Fsp3) is 0.611. The van der Waals surface area contributed by atoms with Crippen LogP contribution in [0.2, 0.25) is 0 Å². The van der Waals surface area contributed by atoms with Gasteiger partial charge in [0.05, 0.1) is 11.9 Å². The van der Waals surface area contributed by atoms with Crippen molar-refractivity contribution in [2.45, 2.75) is 31.8 Å². The molecular formula is C18H27N3O5S. The third kappa shape index (κ3) is 4.65. The highest BCUT2D eigenvalue weighted by molar-refractivity contribution is 7.92. The van der Waals surface area contributed by atoms with E-state index >= 15 is 0 Å². The molecule has 0 bridgehead atoms. The number of rotatable bonds is 5. The van der Waals surface area contributed by atoms with Gasteiger partial charge in [-0.05, 0) is 52.0 Å². The Balaban J connectivity index is 1.79. The van der Waals surface area contributed by atoms with Crippen LogP contribution in [0.1, 0.15) is 19.8 Å². The number of benzene rings is 1. The molecule has 2 aliphatic rings. The molecule has 2 aliphatic heterocycles. The van der Waals surface area contributed by atoms with Crippen LogP contribution >= 0.6 is 0 Å². The SMILES string of the molecule is CC(C(=O)NC1CCN(C)CC1)N(c1ccc2c(c1)OCCO2)S(C)(=O)=O. The Labute approximate surface area is 160 Å². The largest absolute Gasteiger partial charge is 0.486 e. The minimum Gasteiger partial charge on any atom is -0.486 e. The quantitative estimate of drug-likeness (QED) is 0.792. The van der Waals surface area contributed by atoms with Gasteiger partial charge in [0, 0.05) is 12.1 Å². The van der Waals surface area contributed by atoms with E-state index in [2.05, 4.69) is 10.2 Å². The second-order valence-corrected chi connectivity index (χ2v) is 9.01. The van der Waals surface area contributed by atoms with E-state index in [9.17, 15) is 13.2 Å². The number of hydrogen-bond acceptors (Lipinski definition) is 6. The molecule has 1 aromatic rings.